The van der Waals surface area contributed by atoms with Gasteiger partial charge in [0.1, 0.15) is 11.4 Å². The third kappa shape index (κ3) is 2.39. The van der Waals surface area contributed by atoms with Gasteiger partial charge in [-0.3, -0.25) is 9.20 Å². The lowest BCUT2D eigenvalue weighted by Crippen LogP contribution is -2.37. The molecule has 0 saturated carbocycles. The minimum atomic E-state index is 0.177. The molecule has 0 spiro atoms. The molecule has 24 heavy (non-hydrogen) atoms. The Bertz CT molecular complexity index is 883. The van der Waals surface area contributed by atoms with Crippen LogP contribution in [0.3, 0.4) is 0 Å². The predicted octanol–water partition coefficient (Wildman–Crippen LogP) is 1.75. The molecule has 1 saturated heterocycles. The summed E-state index contributed by atoms with van der Waals surface area (Å²) in [6, 6.07) is 6.71. The molecule has 3 aromatic rings. The summed E-state index contributed by atoms with van der Waals surface area (Å²) in [5.74, 6) is 0.921. The first-order valence-electron chi connectivity index (χ1n) is 7.72. The van der Waals surface area contributed by atoms with Gasteiger partial charge >= 0.3 is 0 Å². The Morgan fingerprint density at radius 2 is 1.92 bits per heavy atom. The molecule has 4 rings (SSSR count). The molecule has 0 amide bonds. The first-order chi connectivity index (χ1) is 11.8. The van der Waals surface area contributed by atoms with Gasteiger partial charge in [-0.1, -0.05) is 0 Å². The molecule has 7 heteroatoms. The fourth-order valence-corrected chi connectivity index (χ4v) is 2.97. The normalized spacial score (nSPS) is 14.9. The number of aromatic hydroxyl groups is 1. The molecule has 1 aliphatic heterocycles. The minimum absolute atomic E-state index is 0.177. The monoisotopic (exact) mass is 324 g/mol. The summed E-state index contributed by atoms with van der Waals surface area (Å²) in [6.07, 6.45) is 4.25. The van der Waals surface area contributed by atoms with E-state index < -0.39 is 0 Å². The van der Waals surface area contributed by atoms with E-state index in [9.17, 15) is 9.90 Å². The number of anilines is 1. The Morgan fingerprint density at radius 3 is 2.62 bits per heavy atom. The van der Waals surface area contributed by atoms with Crippen LogP contribution in [0.2, 0.25) is 0 Å². The fraction of sp³-hybridized carbons (Fsp3) is 0.235. The van der Waals surface area contributed by atoms with Crippen LogP contribution in [-0.4, -0.2) is 52.1 Å². The largest absolute Gasteiger partial charge is 0.508 e. The molecule has 0 atom stereocenters. The van der Waals surface area contributed by atoms with E-state index in [1.165, 1.54) is 0 Å². The van der Waals surface area contributed by atoms with E-state index >= 15 is 0 Å². The van der Waals surface area contributed by atoms with E-state index in [2.05, 4.69) is 14.9 Å². The second-order valence-corrected chi connectivity index (χ2v) is 5.55. The lowest BCUT2D eigenvalue weighted by Gasteiger charge is -2.27. The van der Waals surface area contributed by atoms with Crippen molar-refractivity contribution in [3.63, 3.8) is 0 Å². The van der Waals surface area contributed by atoms with Crippen molar-refractivity contribution in [2.75, 3.05) is 31.2 Å². The molecule has 0 aliphatic carbocycles. The summed E-state index contributed by atoms with van der Waals surface area (Å²) in [5, 5.41) is 9.49. The maximum absolute atomic E-state index is 11.5. The number of aldehydes is 1. The van der Waals surface area contributed by atoms with Crippen molar-refractivity contribution in [1.82, 2.24) is 14.4 Å². The molecule has 2 aromatic heterocycles. The SMILES string of the molecule is O=Cc1nc2c(N3CCOCC3)nccn2c1-c1ccc(O)cc1. The Hall–Kier alpha value is -2.93. The fourth-order valence-electron chi connectivity index (χ4n) is 2.97. The highest BCUT2D eigenvalue weighted by Crippen LogP contribution is 2.29. The summed E-state index contributed by atoms with van der Waals surface area (Å²) in [5.41, 5.74) is 2.49. The van der Waals surface area contributed by atoms with Gasteiger partial charge in [0.15, 0.2) is 17.8 Å². The van der Waals surface area contributed by atoms with Crippen LogP contribution in [0.5, 0.6) is 5.75 Å². The number of carbonyl (C=O) groups is 1. The number of ether oxygens (including phenoxy) is 1. The lowest BCUT2D eigenvalue weighted by molar-refractivity contribution is 0.112. The molecule has 7 nitrogen and oxygen atoms in total. The van der Waals surface area contributed by atoms with Crippen LogP contribution in [0.4, 0.5) is 5.82 Å². The van der Waals surface area contributed by atoms with Gasteiger partial charge < -0.3 is 14.7 Å². The highest BCUT2D eigenvalue weighted by Gasteiger charge is 2.21. The van der Waals surface area contributed by atoms with E-state index in [1.54, 1.807) is 36.7 Å². The zero-order chi connectivity index (χ0) is 16.5. The number of rotatable bonds is 3. The first-order valence-corrected chi connectivity index (χ1v) is 7.72. The predicted molar refractivity (Wildman–Crippen MR) is 88.5 cm³/mol. The summed E-state index contributed by atoms with van der Waals surface area (Å²) in [6.45, 7) is 2.78. The molecule has 1 aromatic carbocycles. The molecular formula is C17H16N4O3. The van der Waals surface area contributed by atoms with Gasteiger partial charge in [0.05, 0.1) is 18.9 Å². The Kier molecular flexibility index (Phi) is 3.62. The number of phenolic OH excluding ortho intramolecular Hbond substituents is 1. The Balaban J connectivity index is 1.91. The van der Waals surface area contributed by atoms with Crippen molar-refractivity contribution >= 4 is 17.8 Å². The number of fused-ring (bicyclic) bond motifs is 1. The van der Waals surface area contributed by atoms with Crippen molar-refractivity contribution in [2.45, 2.75) is 0 Å². The van der Waals surface area contributed by atoms with Gasteiger partial charge in [0, 0.05) is 31.0 Å². The number of benzene rings is 1. The number of hydrogen-bond donors (Lipinski definition) is 1. The lowest BCUT2D eigenvalue weighted by atomic mass is 10.1. The number of phenols is 1. The molecular weight excluding hydrogens is 308 g/mol. The maximum Gasteiger partial charge on any atom is 0.181 e. The average Bonchev–Trinajstić information content (AvgIpc) is 3.02. The Labute approximate surface area is 138 Å². The van der Waals surface area contributed by atoms with Crippen molar-refractivity contribution in [3.8, 4) is 17.0 Å². The number of carbonyl (C=O) groups excluding carboxylic acids is 1. The number of aromatic nitrogens is 3. The van der Waals surface area contributed by atoms with Gasteiger partial charge in [-0.05, 0) is 24.3 Å². The van der Waals surface area contributed by atoms with Gasteiger partial charge in [-0.15, -0.1) is 0 Å². The summed E-state index contributed by atoms with van der Waals surface area (Å²) >= 11 is 0. The highest BCUT2D eigenvalue weighted by atomic mass is 16.5. The molecule has 1 fully saturated rings. The summed E-state index contributed by atoms with van der Waals surface area (Å²) < 4.78 is 7.26. The van der Waals surface area contributed by atoms with Gasteiger partial charge in [0.25, 0.3) is 0 Å². The van der Waals surface area contributed by atoms with Crippen molar-refractivity contribution in [2.24, 2.45) is 0 Å². The van der Waals surface area contributed by atoms with Crippen LogP contribution in [-0.2, 0) is 4.74 Å². The molecule has 0 bridgehead atoms. The maximum atomic E-state index is 11.5. The number of imidazole rings is 1. The standard InChI is InChI=1S/C17H16N4O3/c22-11-14-15(12-1-3-13(23)4-2-12)21-6-5-18-16(17(21)19-14)20-7-9-24-10-8-20/h1-6,11,23H,7-10H2. The molecule has 1 N–H and O–H groups in total. The molecule has 1 aliphatic rings. The number of morpholine rings is 1. The topological polar surface area (TPSA) is 80.0 Å². The second kappa shape index (κ2) is 5.93. The third-order valence-corrected chi connectivity index (χ3v) is 4.11. The molecule has 0 radical (unpaired) electrons. The summed E-state index contributed by atoms with van der Waals surface area (Å²) in [4.78, 5) is 22.6. The smallest absolute Gasteiger partial charge is 0.181 e. The van der Waals surface area contributed by atoms with Gasteiger partial charge in [0.2, 0.25) is 0 Å². The average molecular weight is 324 g/mol. The first kappa shape index (κ1) is 14.6. The third-order valence-electron chi connectivity index (χ3n) is 4.11. The van der Waals surface area contributed by atoms with Crippen LogP contribution in [0.15, 0.2) is 36.7 Å². The molecule has 122 valence electrons. The van der Waals surface area contributed by atoms with Crippen LogP contribution < -0.4 is 4.90 Å². The van der Waals surface area contributed by atoms with Crippen LogP contribution in [0.25, 0.3) is 16.9 Å². The van der Waals surface area contributed by atoms with Crippen LogP contribution >= 0.6 is 0 Å². The molecule has 0 unspecified atom stereocenters. The molecule has 3 heterocycles. The number of nitrogens with zero attached hydrogens (tertiary/aromatic N) is 4. The summed E-state index contributed by atoms with van der Waals surface area (Å²) in [7, 11) is 0. The van der Waals surface area contributed by atoms with Gasteiger partial charge in [-0.25, -0.2) is 9.97 Å². The van der Waals surface area contributed by atoms with E-state index in [-0.39, 0.29) is 5.75 Å². The van der Waals surface area contributed by atoms with Crippen molar-refractivity contribution in [1.29, 1.82) is 0 Å². The van der Waals surface area contributed by atoms with Crippen LogP contribution in [0.1, 0.15) is 10.5 Å². The van der Waals surface area contributed by atoms with E-state index in [0.717, 1.165) is 30.8 Å². The zero-order valence-corrected chi connectivity index (χ0v) is 12.9. The Morgan fingerprint density at radius 1 is 1.17 bits per heavy atom. The minimum Gasteiger partial charge on any atom is -0.508 e. The highest BCUT2D eigenvalue weighted by molar-refractivity contribution is 5.88. The van der Waals surface area contributed by atoms with E-state index in [1.807, 2.05) is 4.40 Å². The zero-order valence-electron chi connectivity index (χ0n) is 12.9. The van der Waals surface area contributed by atoms with Crippen LogP contribution in [0, 0.1) is 0 Å². The number of hydrogen-bond acceptors (Lipinski definition) is 6. The second-order valence-electron chi connectivity index (χ2n) is 5.55. The quantitative estimate of drug-likeness (QED) is 0.739. The van der Waals surface area contributed by atoms with Crippen molar-refractivity contribution in [3.05, 3.63) is 42.4 Å². The van der Waals surface area contributed by atoms with Gasteiger partial charge in [-0.2, -0.15) is 0 Å². The van der Waals surface area contributed by atoms with E-state index in [0.29, 0.717) is 30.2 Å². The van der Waals surface area contributed by atoms with E-state index in [4.69, 9.17) is 4.74 Å². The van der Waals surface area contributed by atoms with Crippen molar-refractivity contribution < 1.29 is 14.6 Å².